The van der Waals surface area contributed by atoms with Gasteiger partial charge in [0.1, 0.15) is 6.04 Å². The number of aromatic nitrogens is 1. The molecule has 2 aromatic rings. The van der Waals surface area contributed by atoms with Gasteiger partial charge in [0.05, 0.1) is 5.52 Å². The van der Waals surface area contributed by atoms with Crippen LogP contribution in [0.4, 0.5) is 0 Å². The summed E-state index contributed by atoms with van der Waals surface area (Å²) >= 11 is 0. The second-order valence-corrected chi connectivity index (χ2v) is 3.24. The van der Waals surface area contributed by atoms with Crippen molar-refractivity contribution in [1.82, 2.24) is 4.98 Å². The Labute approximate surface area is 81.8 Å². The second-order valence-electron chi connectivity index (χ2n) is 3.24. The van der Waals surface area contributed by atoms with Crippen LogP contribution in [0.25, 0.3) is 10.9 Å². The molecule has 0 fully saturated rings. The van der Waals surface area contributed by atoms with E-state index >= 15 is 0 Å². The number of hydrogen-bond donors (Lipinski definition) is 0. The average molecular weight is 186 g/mol. The van der Waals surface area contributed by atoms with E-state index < -0.39 is 0 Å². The molecule has 1 unspecified atom stereocenters. The van der Waals surface area contributed by atoms with Crippen molar-refractivity contribution < 1.29 is 0 Å². The zero-order valence-corrected chi connectivity index (χ0v) is 7.84. The molecule has 14 heavy (non-hydrogen) atoms. The van der Waals surface area contributed by atoms with Crippen LogP contribution >= 0.6 is 0 Å². The molecule has 0 saturated heterocycles. The third kappa shape index (κ3) is 1.48. The maximum Gasteiger partial charge on any atom is 0.114 e. The van der Waals surface area contributed by atoms with Gasteiger partial charge in [-0.3, -0.25) is 4.98 Å². The van der Waals surface area contributed by atoms with Crippen molar-refractivity contribution in [3.8, 4) is 0 Å². The van der Waals surface area contributed by atoms with E-state index in [0.29, 0.717) is 0 Å². The van der Waals surface area contributed by atoms with Crippen LogP contribution in [0.1, 0.15) is 18.5 Å². The van der Waals surface area contributed by atoms with Gasteiger partial charge in [0.15, 0.2) is 0 Å². The molecule has 0 saturated carbocycles. The van der Waals surface area contributed by atoms with Crippen LogP contribution in [0, 0.1) is 4.91 Å². The van der Waals surface area contributed by atoms with Crippen LogP contribution in [0.3, 0.4) is 0 Å². The summed E-state index contributed by atoms with van der Waals surface area (Å²) in [5.41, 5.74) is 1.87. The molecule has 0 spiro atoms. The Morgan fingerprint density at radius 3 is 3.00 bits per heavy atom. The first-order chi connectivity index (χ1) is 6.81. The molecule has 2 rings (SSSR count). The molecule has 0 amide bonds. The van der Waals surface area contributed by atoms with Crippen LogP contribution in [0.15, 0.2) is 41.7 Å². The van der Waals surface area contributed by atoms with Gasteiger partial charge in [-0.25, -0.2) is 0 Å². The van der Waals surface area contributed by atoms with Crippen molar-refractivity contribution in [3.63, 3.8) is 0 Å². The Hall–Kier alpha value is -1.77. The highest BCUT2D eigenvalue weighted by Crippen LogP contribution is 2.20. The molecule has 1 atom stereocenters. The standard InChI is InChI=1S/C11H10N2O/c1-8(13-14)9-4-5-11-10(7-9)3-2-6-12-11/h2-8H,1H3. The lowest BCUT2D eigenvalue weighted by Crippen LogP contribution is -1.88. The predicted molar refractivity (Wildman–Crippen MR) is 56.0 cm³/mol. The molecule has 1 aromatic carbocycles. The summed E-state index contributed by atoms with van der Waals surface area (Å²) in [5.74, 6) is 0. The van der Waals surface area contributed by atoms with Crippen LogP contribution in [0.2, 0.25) is 0 Å². The maximum absolute atomic E-state index is 10.4. The fraction of sp³-hybridized carbons (Fsp3) is 0.182. The quantitative estimate of drug-likeness (QED) is 0.676. The lowest BCUT2D eigenvalue weighted by atomic mass is 10.1. The highest BCUT2D eigenvalue weighted by atomic mass is 16.3. The summed E-state index contributed by atoms with van der Waals surface area (Å²) in [6.07, 6.45) is 1.75. The van der Waals surface area contributed by atoms with E-state index in [1.54, 1.807) is 13.1 Å². The molecule has 3 nitrogen and oxygen atoms in total. The number of fused-ring (bicyclic) bond motifs is 1. The van der Waals surface area contributed by atoms with E-state index in [1.165, 1.54) is 0 Å². The average Bonchev–Trinajstić information content (AvgIpc) is 2.27. The van der Waals surface area contributed by atoms with Crippen molar-refractivity contribution in [1.29, 1.82) is 0 Å². The van der Waals surface area contributed by atoms with E-state index in [4.69, 9.17) is 0 Å². The molecule has 70 valence electrons. The van der Waals surface area contributed by atoms with E-state index in [0.717, 1.165) is 16.5 Å². The smallest absolute Gasteiger partial charge is 0.114 e. The van der Waals surface area contributed by atoms with Crippen LogP contribution < -0.4 is 0 Å². The Balaban J connectivity index is 2.56. The van der Waals surface area contributed by atoms with Crippen molar-refractivity contribution >= 4 is 10.9 Å². The summed E-state index contributed by atoms with van der Waals surface area (Å²) in [6, 6.07) is 9.32. The van der Waals surface area contributed by atoms with Gasteiger partial charge in [-0.15, -0.1) is 0 Å². The van der Waals surface area contributed by atoms with Crippen molar-refractivity contribution in [2.24, 2.45) is 5.18 Å². The van der Waals surface area contributed by atoms with Gasteiger partial charge in [-0.1, -0.05) is 17.3 Å². The molecular weight excluding hydrogens is 176 g/mol. The first kappa shape index (κ1) is 8.81. The minimum atomic E-state index is -0.292. The van der Waals surface area contributed by atoms with Gasteiger partial charge in [0.25, 0.3) is 0 Å². The summed E-state index contributed by atoms with van der Waals surface area (Å²) in [6.45, 7) is 1.78. The zero-order valence-electron chi connectivity index (χ0n) is 7.84. The molecule has 0 N–H and O–H groups in total. The minimum Gasteiger partial charge on any atom is -0.256 e. The minimum absolute atomic E-state index is 0.292. The molecular formula is C11H10N2O. The third-order valence-electron chi connectivity index (χ3n) is 2.27. The Morgan fingerprint density at radius 2 is 2.21 bits per heavy atom. The van der Waals surface area contributed by atoms with Gasteiger partial charge >= 0.3 is 0 Å². The van der Waals surface area contributed by atoms with Crippen molar-refractivity contribution in [3.05, 3.63) is 47.0 Å². The van der Waals surface area contributed by atoms with Crippen LogP contribution in [-0.4, -0.2) is 4.98 Å². The maximum atomic E-state index is 10.4. The summed E-state index contributed by atoms with van der Waals surface area (Å²) in [4.78, 5) is 14.6. The third-order valence-corrected chi connectivity index (χ3v) is 2.27. The van der Waals surface area contributed by atoms with Crippen molar-refractivity contribution in [2.45, 2.75) is 13.0 Å². The predicted octanol–water partition coefficient (Wildman–Crippen LogP) is 3.06. The highest BCUT2D eigenvalue weighted by molar-refractivity contribution is 5.79. The number of nitrogens with zero attached hydrogens (tertiary/aromatic N) is 2. The zero-order chi connectivity index (χ0) is 9.97. The van der Waals surface area contributed by atoms with Gasteiger partial charge in [-0.2, -0.15) is 4.91 Å². The lowest BCUT2D eigenvalue weighted by molar-refractivity contribution is 0.813. The first-order valence-corrected chi connectivity index (χ1v) is 4.48. The summed E-state index contributed by atoms with van der Waals surface area (Å²) < 4.78 is 0. The Morgan fingerprint density at radius 1 is 1.36 bits per heavy atom. The lowest BCUT2D eigenvalue weighted by Gasteiger charge is -2.03. The molecule has 0 aliphatic heterocycles. The Bertz CT molecular complexity index is 468. The SMILES string of the molecule is CC(N=O)c1ccc2ncccc2c1. The summed E-state index contributed by atoms with van der Waals surface area (Å²) in [5, 5.41) is 4.04. The van der Waals surface area contributed by atoms with Crippen molar-refractivity contribution in [2.75, 3.05) is 0 Å². The first-order valence-electron chi connectivity index (χ1n) is 4.48. The number of rotatable bonds is 2. The molecule has 0 radical (unpaired) electrons. The monoisotopic (exact) mass is 186 g/mol. The molecule has 1 aromatic heterocycles. The molecule has 0 aliphatic carbocycles. The number of nitroso groups, excluding NO2 is 1. The number of hydrogen-bond acceptors (Lipinski definition) is 3. The normalized spacial score (nSPS) is 12.6. The van der Waals surface area contributed by atoms with E-state index in [9.17, 15) is 4.91 Å². The van der Waals surface area contributed by atoms with Crippen LogP contribution in [0.5, 0.6) is 0 Å². The molecule has 0 aliphatic rings. The van der Waals surface area contributed by atoms with Gasteiger partial charge in [0.2, 0.25) is 0 Å². The van der Waals surface area contributed by atoms with E-state index in [1.807, 2.05) is 30.3 Å². The van der Waals surface area contributed by atoms with E-state index in [-0.39, 0.29) is 6.04 Å². The second kappa shape index (κ2) is 3.54. The fourth-order valence-corrected chi connectivity index (χ4v) is 1.41. The van der Waals surface area contributed by atoms with Crippen LogP contribution in [-0.2, 0) is 0 Å². The number of pyridine rings is 1. The fourth-order valence-electron chi connectivity index (χ4n) is 1.41. The molecule has 0 bridgehead atoms. The van der Waals surface area contributed by atoms with Gasteiger partial charge < -0.3 is 0 Å². The van der Waals surface area contributed by atoms with E-state index in [2.05, 4.69) is 10.2 Å². The summed E-state index contributed by atoms with van der Waals surface area (Å²) in [7, 11) is 0. The largest absolute Gasteiger partial charge is 0.256 e. The Kier molecular flexibility index (Phi) is 2.23. The topological polar surface area (TPSA) is 42.3 Å². The highest BCUT2D eigenvalue weighted by Gasteiger charge is 2.05. The van der Waals surface area contributed by atoms with Gasteiger partial charge in [0, 0.05) is 11.6 Å². The molecule has 1 heterocycles. The number of benzene rings is 1. The van der Waals surface area contributed by atoms with Gasteiger partial charge in [-0.05, 0) is 30.7 Å². The molecule has 3 heteroatoms.